The van der Waals surface area contributed by atoms with Gasteiger partial charge in [-0.15, -0.1) is 0 Å². The van der Waals surface area contributed by atoms with Crippen molar-refractivity contribution in [3.05, 3.63) is 58.6 Å². The Kier molecular flexibility index (Phi) is 5.11. The van der Waals surface area contributed by atoms with Crippen LogP contribution in [0, 0.1) is 6.92 Å². The first kappa shape index (κ1) is 16.9. The number of piperazine rings is 1. The molecule has 24 heavy (non-hydrogen) atoms. The van der Waals surface area contributed by atoms with E-state index in [-0.39, 0.29) is 11.9 Å². The number of hydrogen-bond donors (Lipinski definition) is 0. The molecule has 2 aromatic rings. The second-order valence-electron chi connectivity index (χ2n) is 6.07. The number of nitrogens with zero attached hydrogens (tertiary/aromatic N) is 4. The highest BCUT2D eigenvalue weighted by Crippen LogP contribution is 2.27. The SMILES string of the molecule is Cc1cnc(C(=O)N2CCN(C(C)c3ccccc3Cl)CC2)cn1. The van der Waals surface area contributed by atoms with Crippen molar-refractivity contribution in [2.45, 2.75) is 19.9 Å². The number of aromatic nitrogens is 2. The monoisotopic (exact) mass is 344 g/mol. The van der Waals surface area contributed by atoms with Gasteiger partial charge in [0.15, 0.2) is 0 Å². The summed E-state index contributed by atoms with van der Waals surface area (Å²) in [6.07, 6.45) is 3.18. The molecule has 1 unspecified atom stereocenters. The molecule has 6 heteroatoms. The summed E-state index contributed by atoms with van der Waals surface area (Å²) in [4.78, 5) is 25.0. The van der Waals surface area contributed by atoms with Gasteiger partial charge in [-0.3, -0.25) is 14.7 Å². The first-order chi connectivity index (χ1) is 11.6. The van der Waals surface area contributed by atoms with Crippen LogP contribution in [-0.2, 0) is 0 Å². The number of halogens is 1. The fourth-order valence-electron chi connectivity index (χ4n) is 2.99. The fraction of sp³-hybridized carbons (Fsp3) is 0.389. The largest absolute Gasteiger partial charge is 0.335 e. The molecule has 1 aliphatic rings. The molecule has 1 amide bonds. The standard InChI is InChI=1S/C18H21ClN4O/c1-13-11-21-17(12-20-13)18(24)23-9-7-22(8-10-23)14(2)15-5-3-4-6-16(15)19/h3-6,11-12,14H,7-10H2,1-2H3. The molecule has 1 aliphatic heterocycles. The predicted molar refractivity (Wildman–Crippen MR) is 94.1 cm³/mol. The summed E-state index contributed by atoms with van der Waals surface area (Å²) in [5, 5.41) is 0.790. The predicted octanol–water partition coefficient (Wildman–Crippen LogP) is 2.96. The third kappa shape index (κ3) is 3.57. The molecule has 0 N–H and O–H groups in total. The molecule has 1 aromatic heterocycles. The zero-order valence-electron chi connectivity index (χ0n) is 13.9. The maximum Gasteiger partial charge on any atom is 0.274 e. The van der Waals surface area contributed by atoms with Crippen molar-refractivity contribution in [1.29, 1.82) is 0 Å². The van der Waals surface area contributed by atoms with Crippen molar-refractivity contribution in [2.75, 3.05) is 26.2 Å². The number of rotatable bonds is 3. The molecule has 0 saturated carbocycles. The average Bonchev–Trinajstić information content (AvgIpc) is 2.62. The Morgan fingerprint density at radius 2 is 1.83 bits per heavy atom. The van der Waals surface area contributed by atoms with E-state index in [4.69, 9.17) is 11.6 Å². The minimum absolute atomic E-state index is 0.0486. The van der Waals surface area contributed by atoms with Gasteiger partial charge in [-0.1, -0.05) is 29.8 Å². The van der Waals surface area contributed by atoms with Crippen LogP contribution in [0.3, 0.4) is 0 Å². The van der Waals surface area contributed by atoms with Crippen LogP contribution in [0.1, 0.15) is 34.7 Å². The molecule has 0 radical (unpaired) electrons. The van der Waals surface area contributed by atoms with E-state index in [2.05, 4.69) is 27.9 Å². The minimum Gasteiger partial charge on any atom is -0.335 e. The molecule has 1 saturated heterocycles. The van der Waals surface area contributed by atoms with E-state index < -0.39 is 0 Å². The van der Waals surface area contributed by atoms with Crippen LogP contribution in [0.2, 0.25) is 5.02 Å². The van der Waals surface area contributed by atoms with Gasteiger partial charge in [0.2, 0.25) is 0 Å². The van der Waals surface area contributed by atoms with Crippen LogP contribution in [-0.4, -0.2) is 51.9 Å². The molecule has 1 atom stereocenters. The van der Waals surface area contributed by atoms with Gasteiger partial charge < -0.3 is 4.90 Å². The molecule has 2 heterocycles. The molecule has 0 aliphatic carbocycles. The van der Waals surface area contributed by atoms with E-state index in [1.165, 1.54) is 0 Å². The summed E-state index contributed by atoms with van der Waals surface area (Å²) in [6.45, 7) is 7.02. The third-order valence-corrected chi connectivity index (χ3v) is 4.85. The van der Waals surface area contributed by atoms with Gasteiger partial charge in [-0.2, -0.15) is 0 Å². The summed E-state index contributed by atoms with van der Waals surface area (Å²) in [5.74, 6) is -0.0486. The molecule has 0 bridgehead atoms. The summed E-state index contributed by atoms with van der Waals surface area (Å²) in [5.41, 5.74) is 2.35. The Morgan fingerprint density at radius 1 is 1.12 bits per heavy atom. The highest BCUT2D eigenvalue weighted by molar-refractivity contribution is 6.31. The number of carbonyl (C=O) groups excluding carboxylic acids is 1. The number of aryl methyl sites for hydroxylation is 1. The third-order valence-electron chi connectivity index (χ3n) is 4.50. The Balaban J connectivity index is 1.62. The van der Waals surface area contributed by atoms with Crippen LogP contribution in [0.4, 0.5) is 0 Å². The molecule has 126 valence electrons. The number of hydrogen-bond acceptors (Lipinski definition) is 4. The van der Waals surface area contributed by atoms with Crippen molar-refractivity contribution in [3.63, 3.8) is 0 Å². The van der Waals surface area contributed by atoms with E-state index in [0.717, 1.165) is 29.4 Å². The van der Waals surface area contributed by atoms with Crippen molar-refractivity contribution in [2.24, 2.45) is 0 Å². The van der Waals surface area contributed by atoms with Gasteiger partial charge in [0, 0.05) is 43.4 Å². The average molecular weight is 345 g/mol. The highest BCUT2D eigenvalue weighted by atomic mass is 35.5. The van der Waals surface area contributed by atoms with Crippen LogP contribution in [0.15, 0.2) is 36.7 Å². The molecular formula is C18H21ClN4O. The zero-order valence-corrected chi connectivity index (χ0v) is 14.7. The van der Waals surface area contributed by atoms with E-state index >= 15 is 0 Å². The molecule has 3 rings (SSSR count). The summed E-state index contributed by atoms with van der Waals surface area (Å²) in [7, 11) is 0. The fourth-order valence-corrected chi connectivity index (χ4v) is 3.28. The van der Waals surface area contributed by atoms with E-state index in [1.54, 1.807) is 12.4 Å². The number of amides is 1. The summed E-state index contributed by atoms with van der Waals surface area (Å²) >= 11 is 6.30. The van der Waals surface area contributed by atoms with Crippen LogP contribution >= 0.6 is 11.6 Å². The normalized spacial score (nSPS) is 16.9. The quantitative estimate of drug-likeness (QED) is 0.859. The van der Waals surface area contributed by atoms with E-state index in [0.29, 0.717) is 18.8 Å². The Bertz CT molecular complexity index is 711. The lowest BCUT2D eigenvalue weighted by Gasteiger charge is -2.38. The smallest absolute Gasteiger partial charge is 0.274 e. The summed E-state index contributed by atoms with van der Waals surface area (Å²) < 4.78 is 0. The van der Waals surface area contributed by atoms with Crippen LogP contribution in [0.25, 0.3) is 0 Å². The lowest BCUT2D eigenvalue weighted by atomic mass is 10.1. The van der Waals surface area contributed by atoms with Gasteiger partial charge in [0.05, 0.1) is 11.9 Å². The molecular weight excluding hydrogens is 324 g/mol. The topological polar surface area (TPSA) is 49.3 Å². The first-order valence-corrected chi connectivity index (χ1v) is 8.50. The number of benzene rings is 1. The lowest BCUT2D eigenvalue weighted by molar-refractivity contribution is 0.0576. The van der Waals surface area contributed by atoms with E-state index in [1.807, 2.05) is 30.0 Å². The second-order valence-corrected chi connectivity index (χ2v) is 6.48. The van der Waals surface area contributed by atoms with Crippen molar-refractivity contribution < 1.29 is 4.79 Å². The molecule has 1 aromatic carbocycles. The van der Waals surface area contributed by atoms with Gasteiger partial charge in [0.25, 0.3) is 5.91 Å². The van der Waals surface area contributed by atoms with Crippen LogP contribution in [0.5, 0.6) is 0 Å². The van der Waals surface area contributed by atoms with Crippen molar-refractivity contribution in [1.82, 2.24) is 19.8 Å². The Hall–Kier alpha value is -1.98. The lowest BCUT2D eigenvalue weighted by Crippen LogP contribution is -2.49. The van der Waals surface area contributed by atoms with E-state index in [9.17, 15) is 4.79 Å². The molecule has 0 spiro atoms. The van der Waals surface area contributed by atoms with Gasteiger partial charge in [-0.05, 0) is 25.5 Å². The molecule has 1 fully saturated rings. The van der Waals surface area contributed by atoms with Gasteiger partial charge in [-0.25, -0.2) is 4.98 Å². The summed E-state index contributed by atoms with van der Waals surface area (Å²) in [6, 6.07) is 8.16. The first-order valence-electron chi connectivity index (χ1n) is 8.12. The minimum atomic E-state index is -0.0486. The maximum atomic E-state index is 12.5. The Morgan fingerprint density at radius 3 is 2.46 bits per heavy atom. The van der Waals surface area contributed by atoms with Crippen LogP contribution < -0.4 is 0 Å². The number of carbonyl (C=O) groups is 1. The van der Waals surface area contributed by atoms with Crippen molar-refractivity contribution in [3.8, 4) is 0 Å². The molecule has 5 nitrogen and oxygen atoms in total. The maximum absolute atomic E-state index is 12.5. The highest BCUT2D eigenvalue weighted by Gasteiger charge is 2.26. The second kappa shape index (κ2) is 7.28. The zero-order chi connectivity index (χ0) is 17.1. The van der Waals surface area contributed by atoms with Crippen molar-refractivity contribution >= 4 is 17.5 Å². The Labute approximate surface area is 147 Å². The van der Waals surface area contributed by atoms with Gasteiger partial charge >= 0.3 is 0 Å². The van der Waals surface area contributed by atoms with Gasteiger partial charge in [0.1, 0.15) is 5.69 Å².